The van der Waals surface area contributed by atoms with E-state index in [1.807, 2.05) is 6.07 Å². The van der Waals surface area contributed by atoms with Crippen LogP contribution in [0.4, 0.5) is 5.69 Å². The van der Waals surface area contributed by atoms with E-state index in [9.17, 15) is 0 Å². The predicted molar refractivity (Wildman–Crippen MR) is 107 cm³/mol. The van der Waals surface area contributed by atoms with Crippen molar-refractivity contribution in [1.29, 1.82) is 0 Å². The number of ether oxygens (including phenoxy) is 2. The van der Waals surface area contributed by atoms with E-state index in [0.29, 0.717) is 6.04 Å². The zero-order valence-corrected chi connectivity index (χ0v) is 16.3. The Morgan fingerprint density at radius 1 is 0.923 bits per heavy atom. The van der Waals surface area contributed by atoms with Gasteiger partial charge in [-0.15, -0.1) is 0 Å². The van der Waals surface area contributed by atoms with Crippen molar-refractivity contribution in [2.45, 2.75) is 39.3 Å². The molecule has 4 heteroatoms. The lowest BCUT2D eigenvalue weighted by atomic mass is 10.0. The highest BCUT2D eigenvalue weighted by atomic mass is 16.5. The van der Waals surface area contributed by atoms with Crippen molar-refractivity contribution in [1.82, 2.24) is 4.90 Å². The molecule has 0 unspecified atom stereocenters. The van der Waals surface area contributed by atoms with E-state index in [1.54, 1.807) is 14.2 Å². The average molecular weight is 354 g/mol. The molecule has 2 aromatic carbocycles. The molecule has 2 aromatic rings. The van der Waals surface area contributed by atoms with Gasteiger partial charge in [0.1, 0.15) is 0 Å². The smallest absolute Gasteiger partial charge is 0.161 e. The molecule has 0 atom stereocenters. The van der Waals surface area contributed by atoms with E-state index in [4.69, 9.17) is 9.47 Å². The van der Waals surface area contributed by atoms with Crippen LogP contribution in [0.15, 0.2) is 36.4 Å². The van der Waals surface area contributed by atoms with Gasteiger partial charge in [-0.25, -0.2) is 0 Å². The summed E-state index contributed by atoms with van der Waals surface area (Å²) in [5.74, 6) is 1.59. The van der Waals surface area contributed by atoms with Crippen LogP contribution in [-0.2, 0) is 6.54 Å². The summed E-state index contributed by atoms with van der Waals surface area (Å²) < 4.78 is 10.7. The Bertz CT molecular complexity index is 717. The van der Waals surface area contributed by atoms with Crippen molar-refractivity contribution in [3.8, 4) is 11.5 Å². The Hall–Kier alpha value is -2.20. The molecule has 1 N–H and O–H groups in total. The molecule has 3 rings (SSSR count). The first-order valence-corrected chi connectivity index (χ1v) is 9.35. The zero-order valence-electron chi connectivity index (χ0n) is 16.3. The quantitative estimate of drug-likeness (QED) is 0.834. The van der Waals surface area contributed by atoms with Gasteiger partial charge in [0.25, 0.3) is 0 Å². The Morgan fingerprint density at radius 3 is 2.19 bits per heavy atom. The number of anilines is 1. The summed E-state index contributed by atoms with van der Waals surface area (Å²) in [6.07, 6.45) is 2.33. The molecule has 0 aliphatic carbocycles. The number of likely N-dealkylation sites (tertiary alicyclic amines) is 1. The summed E-state index contributed by atoms with van der Waals surface area (Å²) in [6.45, 7) is 7.48. The summed E-state index contributed by atoms with van der Waals surface area (Å²) in [6, 6.07) is 13.4. The molecule has 0 radical (unpaired) electrons. The second-order valence-corrected chi connectivity index (χ2v) is 7.26. The normalized spacial score (nSPS) is 15.7. The topological polar surface area (TPSA) is 33.7 Å². The molecule has 26 heavy (non-hydrogen) atoms. The highest BCUT2D eigenvalue weighted by Crippen LogP contribution is 2.28. The fraction of sp³-hybridized carbons (Fsp3) is 0.455. The Kier molecular flexibility index (Phi) is 6.04. The first-order chi connectivity index (χ1) is 12.6. The van der Waals surface area contributed by atoms with Gasteiger partial charge in [0.2, 0.25) is 0 Å². The molecule has 1 heterocycles. The maximum Gasteiger partial charge on any atom is 0.161 e. The molecule has 0 spiro atoms. The van der Waals surface area contributed by atoms with Gasteiger partial charge in [0.15, 0.2) is 11.5 Å². The van der Waals surface area contributed by atoms with Crippen LogP contribution in [0.2, 0.25) is 0 Å². The summed E-state index contributed by atoms with van der Waals surface area (Å²) in [5.41, 5.74) is 5.15. The third-order valence-corrected chi connectivity index (χ3v) is 5.03. The SMILES string of the molecule is COc1ccc(CN2CCC(Nc3cc(C)cc(C)c3)CC2)cc1OC. The van der Waals surface area contributed by atoms with E-state index in [2.05, 4.69) is 54.4 Å². The summed E-state index contributed by atoms with van der Waals surface area (Å²) in [5, 5.41) is 3.72. The second-order valence-electron chi connectivity index (χ2n) is 7.26. The standard InChI is InChI=1S/C22H30N2O2/c1-16-11-17(2)13-20(12-16)23-19-7-9-24(10-8-19)15-18-5-6-21(25-3)22(14-18)26-4/h5-6,11-14,19,23H,7-10,15H2,1-4H3. The summed E-state index contributed by atoms with van der Waals surface area (Å²) in [7, 11) is 3.36. The number of aryl methyl sites for hydroxylation is 2. The van der Waals surface area contributed by atoms with Crippen LogP contribution in [-0.4, -0.2) is 38.3 Å². The second kappa shape index (κ2) is 8.45. The lowest BCUT2D eigenvalue weighted by Gasteiger charge is -2.33. The molecular weight excluding hydrogens is 324 g/mol. The van der Waals surface area contributed by atoms with Crippen molar-refractivity contribution < 1.29 is 9.47 Å². The van der Waals surface area contributed by atoms with E-state index >= 15 is 0 Å². The third-order valence-electron chi connectivity index (χ3n) is 5.03. The number of methoxy groups -OCH3 is 2. The minimum absolute atomic E-state index is 0.554. The Labute approximate surface area is 157 Å². The minimum Gasteiger partial charge on any atom is -0.493 e. The van der Waals surface area contributed by atoms with Gasteiger partial charge in [0.05, 0.1) is 14.2 Å². The van der Waals surface area contributed by atoms with Gasteiger partial charge >= 0.3 is 0 Å². The fourth-order valence-corrected chi connectivity index (χ4v) is 3.77. The molecule has 140 valence electrons. The third kappa shape index (κ3) is 4.70. The van der Waals surface area contributed by atoms with Crippen LogP contribution in [0, 0.1) is 13.8 Å². The van der Waals surface area contributed by atoms with Gasteiger partial charge in [-0.1, -0.05) is 12.1 Å². The van der Waals surface area contributed by atoms with Gasteiger partial charge < -0.3 is 14.8 Å². The number of nitrogens with one attached hydrogen (secondary N) is 1. The predicted octanol–water partition coefficient (Wildman–Crippen LogP) is 4.40. The van der Waals surface area contributed by atoms with Gasteiger partial charge in [-0.05, 0) is 67.6 Å². The average Bonchev–Trinajstić information content (AvgIpc) is 2.62. The maximum atomic E-state index is 5.42. The molecule has 0 aromatic heterocycles. The summed E-state index contributed by atoms with van der Waals surface area (Å²) >= 11 is 0. The first kappa shape index (κ1) is 18.6. The number of piperidine rings is 1. The zero-order chi connectivity index (χ0) is 18.5. The van der Waals surface area contributed by atoms with Crippen LogP contribution in [0.5, 0.6) is 11.5 Å². The van der Waals surface area contributed by atoms with Crippen molar-refractivity contribution in [3.63, 3.8) is 0 Å². The van der Waals surface area contributed by atoms with E-state index in [1.165, 1.54) is 35.2 Å². The van der Waals surface area contributed by atoms with Gasteiger partial charge in [0, 0.05) is 31.4 Å². The molecule has 0 bridgehead atoms. The fourth-order valence-electron chi connectivity index (χ4n) is 3.77. The number of benzene rings is 2. The number of rotatable bonds is 6. The molecule has 4 nitrogen and oxygen atoms in total. The van der Waals surface area contributed by atoms with Crippen molar-refractivity contribution in [2.75, 3.05) is 32.6 Å². The maximum absolute atomic E-state index is 5.42. The summed E-state index contributed by atoms with van der Waals surface area (Å²) in [4.78, 5) is 2.51. The number of hydrogen-bond acceptors (Lipinski definition) is 4. The van der Waals surface area contributed by atoms with Crippen LogP contribution in [0.25, 0.3) is 0 Å². The first-order valence-electron chi connectivity index (χ1n) is 9.35. The van der Waals surface area contributed by atoms with Gasteiger partial charge in [-0.2, -0.15) is 0 Å². The largest absolute Gasteiger partial charge is 0.493 e. The molecule has 1 saturated heterocycles. The lowest BCUT2D eigenvalue weighted by molar-refractivity contribution is 0.211. The van der Waals surface area contributed by atoms with Crippen molar-refractivity contribution >= 4 is 5.69 Å². The van der Waals surface area contributed by atoms with Crippen LogP contribution >= 0.6 is 0 Å². The highest BCUT2D eigenvalue weighted by Gasteiger charge is 2.19. The van der Waals surface area contributed by atoms with Crippen LogP contribution in [0.1, 0.15) is 29.5 Å². The molecule has 0 saturated carbocycles. The van der Waals surface area contributed by atoms with Gasteiger partial charge in [-0.3, -0.25) is 4.90 Å². The van der Waals surface area contributed by atoms with Crippen LogP contribution < -0.4 is 14.8 Å². The molecule has 1 aliphatic rings. The van der Waals surface area contributed by atoms with Crippen molar-refractivity contribution in [3.05, 3.63) is 53.1 Å². The highest BCUT2D eigenvalue weighted by molar-refractivity contribution is 5.49. The molecule has 1 aliphatic heterocycles. The molecule has 1 fully saturated rings. The lowest BCUT2D eigenvalue weighted by Crippen LogP contribution is -2.38. The van der Waals surface area contributed by atoms with Crippen molar-refractivity contribution in [2.24, 2.45) is 0 Å². The number of hydrogen-bond donors (Lipinski definition) is 1. The Balaban J connectivity index is 1.54. The van der Waals surface area contributed by atoms with E-state index in [0.717, 1.165) is 31.1 Å². The molecular formula is C22H30N2O2. The molecule has 0 amide bonds. The minimum atomic E-state index is 0.554. The van der Waals surface area contributed by atoms with E-state index < -0.39 is 0 Å². The number of nitrogens with zero attached hydrogens (tertiary/aromatic N) is 1. The van der Waals surface area contributed by atoms with Crippen LogP contribution in [0.3, 0.4) is 0 Å². The monoisotopic (exact) mass is 354 g/mol. The Morgan fingerprint density at radius 2 is 1.58 bits per heavy atom. The van der Waals surface area contributed by atoms with E-state index in [-0.39, 0.29) is 0 Å².